The molecule has 1 N–H and O–H groups in total. The molecule has 178 valence electrons. The highest BCUT2D eigenvalue weighted by molar-refractivity contribution is 7.80. The van der Waals surface area contributed by atoms with E-state index >= 15 is 0 Å². The van der Waals surface area contributed by atoms with E-state index in [0.717, 1.165) is 5.69 Å². The summed E-state index contributed by atoms with van der Waals surface area (Å²) in [6.07, 6.45) is 2.84. The first-order valence-corrected chi connectivity index (χ1v) is 12.0. The Morgan fingerprint density at radius 3 is 2.65 bits per heavy atom. The van der Waals surface area contributed by atoms with Gasteiger partial charge in [-0.2, -0.15) is 0 Å². The molecule has 1 aromatic carbocycles. The van der Waals surface area contributed by atoms with Crippen molar-refractivity contribution in [1.29, 1.82) is 0 Å². The van der Waals surface area contributed by atoms with Gasteiger partial charge < -0.3 is 19.5 Å². The number of nitrogens with one attached hydrogen (secondary N) is 1. The number of esters is 1. The standard InChI is InChI=1S/C27H32N4O2S/c1-17-10-8-12-23(19(17)3)31-18(2)16-21(20(31)4)26-25(22-11-6-7-14-28-22)29-27(34)30(26)15-9-13-24(32)33-5/h6-8,10-12,14,16,25-26H,9,13,15H2,1-5H3,(H,29,34)/t25-,26+/m1/s1. The van der Waals surface area contributed by atoms with Gasteiger partial charge >= 0.3 is 5.97 Å². The summed E-state index contributed by atoms with van der Waals surface area (Å²) in [5, 5.41) is 4.19. The molecule has 0 unspecified atom stereocenters. The molecule has 2 atom stereocenters. The average Bonchev–Trinajstić information content (AvgIpc) is 3.31. The monoisotopic (exact) mass is 476 g/mol. The van der Waals surface area contributed by atoms with Crippen LogP contribution in [0.3, 0.4) is 0 Å². The van der Waals surface area contributed by atoms with Gasteiger partial charge in [0.25, 0.3) is 0 Å². The maximum Gasteiger partial charge on any atom is 0.305 e. The van der Waals surface area contributed by atoms with Crippen LogP contribution in [0.4, 0.5) is 0 Å². The van der Waals surface area contributed by atoms with Gasteiger partial charge in [-0.3, -0.25) is 9.78 Å². The predicted molar refractivity (Wildman–Crippen MR) is 138 cm³/mol. The lowest BCUT2D eigenvalue weighted by Crippen LogP contribution is -2.31. The van der Waals surface area contributed by atoms with E-state index in [9.17, 15) is 4.79 Å². The number of benzene rings is 1. The summed E-state index contributed by atoms with van der Waals surface area (Å²) in [5.41, 5.74) is 8.25. The summed E-state index contributed by atoms with van der Waals surface area (Å²) in [6.45, 7) is 9.30. The van der Waals surface area contributed by atoms with Crippen molar-refractivity contribution in [3.63, 3.8) is 0 Å². The van der Waals surface area contributed by atoms with Crippen LogP contribution >= 0.6 is 12.2 Å². The normalized spacial score (nSPS) is 17.7. The van der Waals surface area contributed by atoms with Crippen molar-refractivity contribution in [1.82, 2.24) is 19.8 Å². The van der Waals surface area contributed by atoms with Crippen molar-refractivity contribution in [2.75, 3.05) is 13.7 Å². The second-order valence-corrected chi connectivity index (χ2v) is 9.27. The molecule has 6 nitrogen and oxygen atoms in total. The number of hydrogen-bond donors (Lipinski definition) is 1. The molecule has 3 aromatic rings. The van der Waals surface area contributed by atoms with Gasteiger partial charge in [0.05, 0.1) is 24.9 Å². The fourth-order valence-electron chi connectivity index (χ4n) is 4.92. The summed E-state index contributed by atoms with van der Waals surface area (Å²) >= 11 is 5.78. The largest absolute Gasteiger partial charge is 0.469 e. The molecule has 4 rings (SSSR count). The van der Waals surface area contributed by atoms with Crippen molar-refractivity contribution in [2.24, 2.45) is 0 Å². The van der Waals surface area contributed by atoms with Crippen LogP contribution in [0.2, 0.25) is 0 Å². The van der Waals surface area contributed by atoms with Gasteiger partial charge in [0.2, 0.25) is 0 Å². The molecule has 0 amide bonds. The third-order valence-corrected chi connectivity index (χ3v) is 7.16. The van der Waals surface area contributed by atoms with E-state index in [1.165, 1.54) is 40.9 Å². The number of hydrogen-bond acceptors (Lipinski definition) is 4. The molecule has 7 heteroatoms. The number of ether oxygens (including phenoxy) is 1. The lowest BCUT2D eigenvalue weighted by molar-refractivity contribution is -0.140. The second-order valence-electron chi connectivity index (χ2n) is 8.88. The highest BCUT2D eigenvalue weighted by atomic mass is 32.1. The van der Waals surface area contributed by atoms with Gasteiger partial charge in [0.15, 0.2) is 5.11 Å². The summed E-state index contributed by atoms with van der Waals surface area (Å²) in [4.78, 5) is 18.6. The van der Waals surface area contributed by atoms with Crippen LogP contribution in [-0.4, -0.2) is 39.2 Å². The highest BCUT2D eigenvalue weighted by Crippen LogP contribution is 2.41. The smallest absolute Gasteiger partial charge is 0.305 e. The molecule has 0 aliphatic carbocycles. The van der Waals surface area contributed by atoms with Crippen LogP contribution in [0.5, 0.6) is 0 Å². The molecule has 0 bridgehead atoms. The van der Waals surface area contributed by atoms with Crippen LogP contribution in [0.15, 0.2) is 48.7 Å². The summed E-state index contributed by atoms with van der Waals surface area (Å²) in [7, 11) is 1.42. The molecule has 1 aliphatic rings. The van der Waals surface area contributed by atoms with Crippen molar-refractivity contribution in [2.45, 2.75) is 52.6 Å². The molecular formula is C27H32N4O2S. The van der Waals surface area contributed by atoms with Gasteiger partial charge in [-0.1, -0.05) is 18.2 Å². The second kappa shape index (κ2) is 9.97. The number of aryl methyl sites for hydroxylation is 2. The lowest BCUT2D eigenvalue weighted by Gasteiger charge is -2.28. The Bertz CT molecular complexity index is 1200. The maximum absolute atomic E-state index is 11.7. The van der Waals surface area contributed by atoms with Crippen molar-refractivity contribution in [3.8, 4) is 5.69 Å². The minimum absolute atomic E-state index is 0.0369. The third-order valence-electron chi connectivity index (χ3n) is 6.81. The van der Waals surface area contributed by atoms with Crippen LogP contribution in [0.1, 0.15) is 58.7 Å². The Hall–Kier alpha value is -3.19. The van der Waals surface area contributed by atoms with Crippen LogP contribution in [-0.2, 0) is 9.53 Å². The van der Waals surface area contributed by atoms with E-state index in [2.05, 4.69) is 71.7 Å². The Kier molecular flexibility index (Phi) is 7.03. The number of carbonyl (C=O) groups excluding carboxylic acids is 1. The molecular weight excluding hydrogens is 444 g/mol. The van der Waals surface area contributed by atoms with Gasteiger partial charge in [0, 0.05) is 36.2 Å². The molecule has 1 fully saturated rings. The van der Waals surface area contributed by atoms with Crippen LogP contribution in [0.25, 0.3) is 5.69 Å². The maximum atomic E-state index is 11.7. The SMILES string of the molecule is COC(=O)CCCN1C(=S)N[C@H](c2ccccn2)[C@@H]1c1cc(C)n(-c2cccc(C)c2C)c1C. The number of methoxy groups -OCH3 is 1. The summed E-state index contributed by atoms with van der Waals surface area (Å²) in [6, 6.07) is 14.5. The summed E-state index contributed by atoms with van der Waals surface area (Å²) in [5.74, 6) is -0.205. The van der Waals surface area contributed by atoms with E-state index in [-0.39, 0.29) is 18.1 Å². The van der Waals surface area contributed by atoms with Crippen molar-refractivity contribution in [3.05, 3.63) is 82.4 Å². The molecule has 34 heavy (non-hydrogen) atoms. The summed E-state index contributed by atoms with van der Waals surface area (Å²) < 4.78 is 7.17. The Balaban J connectivity index is 1.78. The van der Waals surface area contributed by atoms with Crippen molar-refractivity contribution >= 4 is 23.3 Å². The van der Waals surface area contributed by atoms with E-state index in [1.807, 2.05) is 24.4 Å². The van der Waals surface area contributed by atoms with Gasteiger partial charge in [-0.05, 0) is 87.3 Å². The number of aromatic nitrogens is 2. The van der Waals surface area contributed by atoms with Gasteiger partial charge in [-0.15, -0.1) is 0 Å². The molecule has 0 saturated carbocycles. The zero-order valence-corrected chi connectivity index (χ0v) is 21.3. The quantitative estimate of drug-likeness (QED) is 0.381. The lowest BCUT2D eigenvalue weighted by atomic mass is 9.96. The number of rotatable bonds is 7. The molecule has 1 aliphatic heterocycles. The topological polar surface area (TPSA) is 59.4 Å². The molecule has 0 spiro atoms. The van der Waals surface area contributed by atoms with E-state index in [4.69, 9.17) is 17.0 Å². The average molecular weight is 477 g/mol. The van der Waals surface area contributed by atoms with Crippen LogP contribution in [0, 0.1) is 27.7 Å². The van der Waals surface area contributed by atoms with Gasteiger partial charge in [0.1, 0.15) is 0 Å². The minimum Gasteiger partial charge on any atom is -0.469 e. The number of thiocarbonyl (C=S) groups is 1. The Morgan fingerprint density at radius 1 is 1.15 bits per heavy atom. The molecule has 0 radical (unpaired) electrons. The first-order chi connectivity index (χ1) is 16.3. The van der Waals surface area contributed by atoms with Gasteiger partial charge in [-0.25, -0.2) is 0 Å². The number of carbonyl (C=O) groups is 1. The zero-order chi connectivity index (χ0) is 24.4. The first-order valence-electron chi connectivity index (χ1n) is 11.6. The first kappa shape index (κ1) is 24.0. The number of nitrogens with zero attached hydrogens (tertiary/aromatic N) is 3. The van der Waals surface area contributed by atoms with E-state index < -0.39 is 0 Å². The Morgan fingerprint density at radius 2 is 1.94 bits per heavy atom. The molecule has 3 heterocycles. The fourth-order valence-corrected chi connectivity index (χ4v) is 5.25. The predicted octanol–water partition coefficient (Wildman–Crippen LogP) is 5.03. The van der Waals surface area contributed by atoms with Crippen molar-refractivity contribution < 1.29 is 9.53 Å². The molecule has 1 saturated heterocycles. The minimum atomic E-state index is -0.205. The van der Waals surface area contributed by atoms with E-state index in [0.29, 0.717) is 24.5 Å². The zero-order valence-electron chi connectivity index (χ0n) is 20.5. The highest BCUT2D eigenvalue weighted by Gasteiger charge is 2.41. The fraction of sp³-hybridized carbons (Fsp3) is 0.370. The Labute approximate surface area is 207 Å². The molecule has 2 aromatic heterocycles. The number of pyridine rings is 1. The third kappa shape index (κ3) is 4.44. The van der Waals surface area contributed by atoms with Crippen LogP contribution < -0.4 is 5.32 Å². The van der Waals surface area contributed by atoms with E-state index in [1.54, 1.807) is 0 Å².